The minimum Gasteiger partial charge on any atom is -0.508 e. The van der Waals surface area contributed by atoms with E-state index in [0.717, 1.165) is 85.0 Å². The number of phenolic OH excluding ortho intramolecular Hbond substituents is 2. The van der Waals surface area contributed by atoms with Crippen LogP contribution in [0.1, 0.15) is 91.4 Å². The van der Waals surface area contributed by atoms with Crippen LogP contribution in [0.2, 0.25) is 0 Å². The lowest BCUT2D eigenvalue weighted by Gasteiger charge is -2.30. The Balaban J connectivity index is 0.000000234. The minimum absolute atomic E-state index is 0.145. The van der Waals surface area contributed by atoms with Gasteiger partial charge in [-0.15, -0.1) is 0 Å². The van der Waals surface area contributed by atoms with Crippen LogP contribution in [0.25, 0.3) is 0 Å². The lowest BCUT2D eigenvalue weighted by atomic mass is 10.0. The molecule has 0 bridgehead atoms. The van der Waals surface area contributed by atoms with E-state index in [2.05, 4.69) is 51.8 Å². The van der Waals surface area contributed by atoms with Crippen LogP contribution >= 0.6 is 0 Å². The number of aliphatic carboxylic acids is 1. The second-order valence-corrected chi connectivity index (χ2v) is 19.6. The Morgan fingerprint density at radius 3 is 1.38 bits per heavy atom. The number of benzene rings is 4. The summed E-state index contributed by atoms with van der Waals surface area (Å²) in [4.78, 5) is 97.4. The first-order valence-corrected chi connectivity index (χ1v) is 26.9. The van der Waals surface area contributed by atoms with Crippen molar-refractivity contribution in [1.29, 1.82) is 0 Å². The number of carboxylic acid groups (broad SMARTS) is 1. The first kappa shape index (κ1) is 59.3. The van der Waals surface area contributed by atoms with Crippen LogP contribution in [0.15, 0.2) is 97.1 Å². The van der Waals surface area contributed by atoms with E-state index < -0.39 is 41.9 Å². The van der Waals surface area contributed by atoms with Crippen molar-refractivity contribution in [1.82, 2.24) is 41.2 Å². The Labute approximate surface area is 470 Å². The molecule has 2 atom stereocenters. The van der Waals surface area contributed by atoms with Crippen LogP contribution in [-0.4, -0.2) is 130 Å². The maximum absolute atomic E-state index is 13.2. The number of carbonyl (C=O) groups is 6. The molecule has 0 fully saturated rings. The summed E-state index contributed by atoms with van der Waals surface area (Å²) in [6.45, 7) is 8.56. The molecule has 0 saturated heterocycles. The van der Waals surface area contributed by atoms with Crippen molar-refractivity contribution in [3.05, 3.63) is 153 Å². The number of carbonyl (C=O) groups excluding carboxylic acids is 5. The topological polar surface area (TPSA) is 303 Å². The Hall–Kier alpha value is -9.34. The molecule has 0 spiro atoms. The van der Waals surface area contributed by atoms with Gasteiger partial charge in [0.1, 0.15) is 23.6 Å². The third-order valence-corrected chi connectivity index (χ3v) is 13.7. The molecule has 2 aliphatic rings. The van der Waals surface area contributed by atoms with Crippen molar-refractivity contribution >= 4 is 59.1 Å². The number of aryl methyl sites for hydroxylation is 8. The summed E-state index contributed by atoms with van der Waals surface area (Å²) in [7, 11) is 1.23. The van der Waals surface area contributed by atoms with E-state index in [1.54, 1.807) is 67.8 Å². The summed E-state index contributed by atoms with van der Waals surface area (Å²) in [6, 6.07) is 26.3. The summed E-state index contributed by atoms with van der Waals surface area (Å²) >= 11 is 0. The Kier molecular flexibility index (Phi) is 20.9. The molecule has 0 unspecified atom stereocenters. The van der Waals surface area contributed by atoms with Gasteiger partial charge in [-0.1, -0.05) is 60.7 Å². The summed E-state index contributed by atoms with van der Waals surface area (Å²) in [6.07, 6.45) is 6.53. The molecule has 4 aromatic carbocycles. The molecule has 9 N–H and O–H groups in total. The molecule has 81 heavy (non-hydrogen) atoms. The number of amides is 6. The fraction of sp³-hybridized carbons (Fsp3) is 0.356. The van der Waals surface area contributed by atoms with Crippen LogP contribution in [0.3, 0.4) is 0 Å². The largest absolute Gasteiger partial charge is 0.508 e. The summed E-state index contributed by atoms with van der Waals surface area (Å²) in [5.74, 6) is -1.89. The normalized spacial score (nSPS) is 13.1. The highest BCUT2D eigenvalue weighted by atomic mass is 16.5. The van der Waals surface area contributed by atoms with E-state index in [1.165, 1.54) is 7.11 Å². The number of fused-ring (bicyclic) bond motifs is 2. The fourth-order valence-corrected chi connectivity index (χ4v) is 9.71. The average Bonchev–Trinajstić information content (AvgIpc) is 3.48. The lowest BCUT2D eigenvalue weighted by molar-refractivity contribution is -0.142. The first-order chi connectivity index (χ1) is 39.0. The molecule has 6 amide bonds. The highest BCUT2D eigenvalue weighted by Crippen LogP contribution is 2.28. The van der Waals surface area contributed by atoms with E-state index in [0.29, 0.717) is 60.9 Å². The number of esters is 1. The highest BCUT2D eigenvalue weighted by molar-refractivity contribution is 6.00. The molecule has 426 valence electrons. The van der Waals surface area contributed by atoms with Crippen LogP contribution in [-0.2, 0) is 40.0 Å². The number of urea groups is 2. The molecule has 0 radical (unpaired) electrons. The Morgan fingerprint density at radius 2 is 0.975 bits per heavy atom. The molecule has 22 heteroatoms. The third-order valence-electron chi connectivity index (χ3n) is 13.7. The lowest BCUT2D eigenvalue weighted by Crippen LogP contribution is -2.52. The SMILES string of the molecule is COC(=O)[C@H](CNC(=O)N1CCCc2ccccc21)NC(=O)c1c(C)nc(NCCCc2cccc(O)c2)nc1C.Cc1nc(NCCCc2cccc(O)c2)nc(C)c1C(=O)N[C@@H](CNC(=O)N1CCCc2ccccc21)C(=O)O. The second-order valence-electron chi connectivity index (χ2n) is 19.6. The number of methoxy groups -OCH3 is 1. The highest BCUT2D eigenvalue weighted by Gasteiger charge is 2.30. The van der Waals surface area contributed by atoms with Crippen molar-refractivity contribution in [2.24, 2.45) is 0 Å². The maximum atomic E-state index is 13.2. The standard InChI is InChI=1S/C30H36N6O5.C29H34N6O5/c1-19-26(20(2)34-29(33-19)31-15-7-10-21-9-6-13-23(37)17-21)27(38)35-24(28(39)41-3)18-32-30(40)36-16-8-12-22-11-4-5-14-25(22)36;1-18-25(19(2)33-28(32-18)30-14-6-9-20-8-5-12-22(36)16-20)26(37)34-23(27(38)39)17-31-29(40)35-15-7-11-21-10-3-4-13-24(21)35/h4-6,9,11,13-14,17,24,37H,7-8,10,12,15-16,18H2,1-3H3,(H,32,40)(H,35,38)(H,31,33,34);3-5,8,10,12-13,16,23,36H,6-7,9,11,14-15,17H2,1-2H3,(H,31,40)(H,34,37)(H,38,39)(H,30,32,33)/t24-;23-/m00/s1. The number of phenols is 2. The maximum Gasteiger partial charge on any atom is 0.330 e. The zero-order valence-corrected chi connectivity index (χ0v) is 46.2. The van der Waals surface area contributed by atoms with E-state index in [4.69, 9.17) is 4.74 Å². The number of nitrogens with one attached hydrogen (secondary N) is 6. The molecule has 22 nitrogen and oxygen atoms in total. The van der Waals surface area contributed by atoms with Crippen LogP contribution in [0.5, 0.6) is 11.5 Å². The van der Waals surface area contributed by atoms with Gasteiger partial charge in [0.15, 0.2) is 0 Å². The van der Waals surface area contributed by atoms with Gasteiger partial charge in [-0.05, 0) is 138 Å². The van der Waals surface area contributed by atoms with Crippen molar-refractivity contribution in [2.45, 2.75) is 91.1 Å². The van der Waals surface area contributed by atoms with Crippen LogP contribution in [0.4, 0.5) is 32.9 Å². The van der Waals surface area contributed by atoms with Crippen molar-refractivity contribution in [2.75, 3.05) is 66.8 Å². The Morgan fingerprint density at radius 1 is 0.568 bits per heavy atom. The van der Waals surface area contributed by atoms with Crippen molar-refractivity contribution in [3.63, 3.8) is 0 Å². The number of aromatic hydroxyl groups is 2. The van der Waals surface area contributed by atoms with Crippen LogP contribution in [0, 0.1) is 27.7 Å². The smallest absolute Gasteiger partial charge is 0.330 e. The van der Waals surface area contributed by atoms with Gasteiger partial charge in [-0.3, -0.25) is 19.4 Å². The zero-order valence-electron chi connectivity index (χ0n) is 46.2. The molecule has 2 aliphatic heterocycles. The average molecular weight is 1110 g/mol. The van der Waals surface area contributed by atoms with Gasteiger partial charge in [0, 0.05) is 37.6 Å². The van der Waals surface area contributed by atoms with Crippen LogP contribution < -0.4 is 41.7 Å². The number of aromatic nitrogens is 4. The molecule has 2 aromatic heterocycles. The number of hydrogen-bond donors (Lipinski definition) is 9. The van der Waals surface area contributed by atoms with Gasteiger partial charge in [0.05, 0.1) is 54.1 Å². The number of rotatable bonds is 20. The molecule has 8 rings (SSSR count). The molecule has 4 heterocycles. The van der Waals surface area contributed by atoms with Gasteiger partial charge < -0.3 is 52.0 Å². The van der Waals surface area contributed by atoms with Gasteiger partial charge in [-0.25, -0.2) is 39.1 Å². The van der Waals surface area contributed by atoms with Crippen molar-refractivity contribution in [3.8, 4) is 11.5 Å². The van der Waals surface area contributed by atoms with E-state index >= 15 is 0 Å². The molecule has 0 saturated carbocycles. The molecule has 6 aromatic rings. The monoisotopic (exact) mass is 1110 g/mol. The quantitative estimate of drug-likeness (QED) is 0.0292. The number of hydrogen-bond acceptors (Lipinski definition) is 15. The minimum atomic E-state index is -1.34. The fourth-order valence-electron chi connectivity index (χ4n) is 9.71. The second kappa shape index (κ2) is 28.5. The summed E-state index contributed by atoms with van der Waals surface area (Å²) in [5.41, 5.74) is 7.98. The van der Waals surface area contributed by atoms with E-state index in [9.17, 15) is 44.1 Å². The van der Waals surface area contributed by atoms with E-state index in [-0.39, 0.29) is 41.7 Å². The number of anilines is 4. The molecular formula is C59H70N12O10. The number of para-hydroxylation sites is 2. The first-order valence-electron chi connectivity index (χ1n) is 26.9. The molecule has 0 aliphatic carbocycles. The Bertz CT molecular complexity index is 3180. The van der Waals surface area contributed by atoms with E-state index in [1.807, 2.05) is 66.7 Å². The number of nitrogens with zero attached hydrogens (tertiary/aromatic N) is 6. The molecular weight excluding hydrogens is 1040 g/mol. The third kappa shape index (κ3) is 16.4. The summed E-state index contributed by atoms with van der Waals surface area (Å²) < 4.78 is 4.88. The summed E-state index contributed by atoms with van der Waals surface area (Å²) in [5, 5.41) is 45.8. The number of carboxylic acids is 1. The van der Waals surface area contributed by atoms with Crippen molar-refractivity contribution < 1.29 is 48.8 Å². The predicted molar refractivity (Wildman–Crippen MR) is 306 cm³/mol. The van der Waals surface area contributed by atoms with Gasteiger partial charge in [0.25, 0.3) is 11.8 Å². The predicted octanol–water partition coefficient (Wildman–Crippen LogP) is 6.47. The van der Waals surface area contributed by atoms with Gasteiger partial charge >= 0.3 is 24.0 Å². The van der Waals surface area contributed by atoms with Gasteiger partial charge in [0.2, 0.25) is 11.9 Å². The number of ether oxygens (including phenoxy) is 1. The van der Waals surface area contributed by atoms with Gasteiger partial charge in [-0.2, -0.15) is 0 Å². The zero-order chi connectivity index (χ0) is 58.0.